The van der Waals surface area contributed by atoms with E-state index in [1.807, 2.05) is 6.92 Å². The summed E-state index contributed by atoms with van der Waals surface area (Å²) in [5.41, 5.74) is 0. The topological polar surface area (TPSA) is 29.5 Å². The largest absolute Gasteiger partial charge is 0.466 e. The summed E-state index contributed by atoms with van der Waals surface area (Å²) in [5, 5.41) is 0. The Labute approximate surface area is 201 Å². The van der Waals surface area contributed by atoms with Crippen LogP contribution in [0.1, 0.15) is 136 Å². The number of esters is 1. The van der Waals surface area contributed by atoms with Gasteiger partial charge in [-0.2, -0.15) is 0 Å². The van der Waals surface area contributed by atoms with Crippen molar-refractivity contribution in [2.45, 2.75) is 136 Å². The molecule has 0 bridgehead atoms. The molecule has 0 aliphatic carbocycles. The van der Waals surface area contributed by atoms with Crippen LogP contribution in [-0.4, -0.2) is 38.1 Å². The molecule has 0 aromatic carbocycles. The lowest BCUT2D eigenvalue weighted by atomic mass is 9.91. The third-order valence-corrected chi connectivity index (χ3v) is 6.41. The van der Waals surface area contributed by atoms with Crippen molar-refractivity contribution in [3.8, 4) is 0 Å². The van der Waals surface area contributed by atoms with Crippen LogP contribution in [0.2, 0.25) is 0 Å². The number of carbonyl (C=O) groups is 1. The minimum absolute atomic E-state index is 0.0467. The van der Waals surface area contributed by atoms with Crippen molar-refractivity contribution < 1.29 is 9.53 Å². The highest BCUT2D eigenvalue weighted by atomic mass is 16.5. The first kappa shape index (κ1) is 31.2. The minimum Gasteiger partial charge on any atom is -0.466 e. The molecular weight excluding hydrogens is 394 g/mol. The van der Waals surface area contributed by atoms with Gasteiger partial charge in [-0.1, -0.05) is 96.1 Å². The average Bonchev–Trinajstić information content (AvgIpc) is 2.77. The zero-order valence-corrected chi connectivity index (χ0v) is 22.3. The molecule has 0 aliphatic rings. The SMILES string of the molecule is CCCCCCC(CCCCCCCC/C=C\CCCCCC(=O)OCC)CCN(C)C. The first-order chi connectivity index (χ1) is 15.6. The number of unbranched alkanes of at least 4 members (excludes halogenated alkanes) is 12. The molecule has 0 radical (unpaired) electrons. The van der Waals surface area contributed by atoms with Crippen LogP contribution >= 0.6 is 0 Å². The molecule has 0 spiro atoms. The maximum absolute atomic E-state index is 11.3. The van der Waals surface area contributed by atoms with E-state index in [9.17, 15) is 4.79 Å². The van der Waals surface area contributed by atoms with E-state index < -0.39 is 0 Å². The molecule has 0 saturated heterocycles. The molecule has 0 N–H and O–H groups in total. The third-order valence-electron chi connectivity index (χ3n) is 6.41. The van der Waals surface area contributed by atoms with E-state index in [4.69, 9.17) is 4.74 Å². The fourth-order valence-corrected chi connectivity index (χ4v) is 4.31. The molecule has 0 heterocycles. The van der Waals surface area contributed by atoms with Crippen molar-refractivity contribution in [1.29, 1.82) is 0 Å². The fraction of sp³-hybridized carbons (Fsp3) is 0.897. The molecule has 32 heavy (non-hydrogen) atoms. The lowest BCUT2D eigenvalue weighted by Gasteiger charge is -2.19. The number of carbonyl (C=O) groups excluding carboxylic acids is 1. The molecule has 3 nitrogen and oxygen atoms in total. The Bertz CT molecular complexity index is 419. The molecule has 0 aliphatic heterocycles. The molecule has 3 heteroatoms. The van der Waals surface area contributed by atoms with Gasteiger partial charge in [0.05, 0.1) is 6.61 Å². The van der Waals surface area contributed by atoms with Crippen LogP contribution in [0.5, 0.6) is 0 Å². The maximum Gasteiger partial charge on any atom is 0.305 e. The first-order valence-electron chi connectivity index (χ1n) is 14.0. The highest BCUT2D eigenvalue weighted by Crippen LogP contribution is 2.22. The minimum atomic E-state index is -0.0467. The van der Waals surface area contributed by atoms with E-state index in [-0.39, 0.29) is 5.97 Å². The highest BCUT2D eigenvalue weighted by Gasteiger charge is 2.09. The van der Waals surface area contributed by atoms with E-state index in [0.717, 1.165) is 25.2 Å². The smallest absolute Gasteiger partial charge is 0.305 e. The molecule has 0 aromatic heterocycles. The Morgan fingerprint density at radius 1 is 0.719 bits per heavy atom. The predicted octanol–water partition coefficient (Wildman–Crippen LogP) is 8.72. The van der Waals surface area contributed by atoms with Crippen LogP contribution in [0.25, 0.3) is 0 Å². The van der Waals surface area contributed by atoms with Gasteiger partial charge in [0.25, 0.3) is 0 Å². The number of hydrogen-bond donors (Lipinski definition) is 0. The molecule has 190 valence electrons. The normalized spacial score (nSPS) is 12.7. The summed E-state index contributed by atoms with van der Waals surface area (Å²) in [7, 11) is 4.41. The molecule has 0 rings (SSSR count). The summed E-state index contributed by atoms with van der Waals surface area (Å²) in [5.74, 6) is 0.902. The lowest BCUT2D eigenvalue weighted by molar-refractivity contribution is -0.143. The number of ether oxygens (including phenoxy) is 1. The Kier molecular flexibility index (Phi) is 24.2. The van der Waals surface area contributed by atoms with Crippen LogP contribution in [0.3, 0.4) is 0 Å². The average molecular weight is 452 g/mol. The van der Waals surface area contributed by atoms with Gasteiger partial charge >= 0.3 is 5.97 Å². The lowest BCUT2D eigenvalue weighted by Crippen LogP contribution is -2.17. The Balaban J connectivity index is 3.53. The standard InChI is InChI=1S/C29H57NO2/c1-5-7-8-20-23-28(26-27-30(3)4)24-21-18-16-14-12-10-9-11-13-15-17-19-22-25-29(31)32-6-2/h11,13,28H,5-10,12,14-27H2,1-4H3/b13-11-. The Morgan fingerprint density at radius 3 is 1.81 bits per heavy atom. The van der Waals surface area contributed by atoms with Crippen molar-refractivity contribution in [3.63, 3.8) is 0 Å². The summed E-state index contributed by atoms with van der Waals surface area (Å²) in [6, 6.07) is 0. The predicted molar refractivity (Wildman–Crippen MR) is 141 cm³/mol. The van der Waals surface area contributed by atoms with Crippen LogP contribution in [0.4, 0.5) is 0 Å². The molecule has 1 unspecified atom stereocenters. The number of nitrogens with zero attached hydrogens (tertiary/aromatic N) is 1. The van der Waals surface area contributed by atoms with Gasteiger partial charge in [-0.15, -0.1) is 0 Å². The van der Waals surface area contributed by atoms with Gasteiger partial charge in [0.15, 0.2) is 0 Å². The summed E-state index contributed by atoms with van der Waals surface area (Å²) >= 11 is 0. The van der Waals surface area contributed by atoms with Crippen molar-refractivity contribution >= 4 is 5.97 Å². The van der Waals surface area contributed by atoms with Crippen molar-refractivity contribution in [2.75, 3.05) is 27.2 Å². The Hall–Kier alpha value is -0.830. The fourth-order valence-electron chi connectivity index (χ4n) is 4.31. The third kappa shape index (κ3) is 23.8. The van der Waals surface area contributed by atoms with E-state index in [1.165, 1.54) is 103 Å². The van der Waals surface area contributed by atoms with E-state index in [2.05, 4.69) is 38.1 Å². The second kappa shape index (κ2) is 24.8. The van der Waals surface area contributed by atoms with E-state index >= 15 is 0 Å². The number of hydrogen-bond acceptors (Lipinski definition) is 3. The zero-order valence-electron chi connectivity index (χ0n) is 22.3. The summed E-state index contributed by atoms with van der Waals surface area (Å²) < 4.78 is 4.95. The van der Waals surface area contributed by atoms with Gasteiger partial charge < -0.3 is 9.64 Å². The highest BCUT2D eigenvalue weighted by molar-refractivity contribution is 5.69. The molecule has 0 amide bonds. The molecule has 0 saturated carbocycles. The molecule has 1 atom stereocenters. The molecule has 0 aromatic rings. The van der Waals surface area contributed by atoms with Crippen LogP contribution < -0.4 is 0 Å². The Morgan fingerprint density at radius 2 is 1.25 bits per heavy atom. The van der Waals surface area contributed by atoms with E-state index in [1.54, 1.807) is 0 Å². The van der Waals surface area contributed by atoms with Crippen LogP contribution in [-0.2, 0) is 9.53 Å². The van der Waals surface area contributed by atoms with Gasteiger partial charge in [0, 0.05) is 6.42 Å². The number of allylic oxidation sites excluding steroid dienone is 2. The van der Waals surface area contributed by atoms with Gasteiger partial charge in [-0.3, -0.25) is 4.79 Å². The monoisotopic (exact) mass is 451 g/mol. The zero-order chi connectivity index (χ0) is 23.7. The van der Waals surface area contributed by atoms with Crippen LogP contribution in [0.15, 0.2) is 12.2 Å². The van der Waals surface area contributed by atoms with Crippen LogP contribution in [0, 0.1) is 5.92 Å². The molecular formula is C29H57NO2. The summed E-state index contributed by atoms with van der Waals surface area (Å²) in [6.07, 6.45) is 29.2. The molecule has 0 fully saturated rings. The van der Waals surface area contributed by atoms with Gasteiger partial charge in [0.2, 0.25) is 0 Å². The quantitative estimate of drug-likeness (QED) is 0.0834. The van der Waals surface area contributed by atoms with Gasteiger partial charge in [0.1, 0.15) is 0 Å². The van der Waals surface area contributed by atoms with Gasteiger partial charge in [-0.25, -0.2) is 0 Å². The van der Waals surface area contributed by atoms with Crippen molar-refractivity contribution in [2.24, 2.45) is 5.92 Å². The van der Waals surface area contributed by atoms with Crippen molar-refractivity contribution in [3.05, 3.63) is 12.2 Å². The number of rotatable bonds is 24. The van der Waals surface area contributed by atoms with Crippen molar-refractivity contribution in [1.82, 2.24) is 4.90 Å². The van der Waals surface area contributed by atoms with E-state index in [0.29, 0.717) is 13.0 Å². The first-order valence-corrected chi connectivity index (χ1v) is 14.0. The summed E-state index contributed by atoms with van der Waals surface area (Å²) in [6.45, 7) is 5.92. The second-order valence-electron chi connectivity index (χ2n) is 9.88. The summed E-state index contributed by atoms with van der Waals surface area (Å²) in [4.78, 5) is 13.6. The second-order valence-corrected chi connectivity index (χ2v) is 9.88. The van der Waals surface area contributed by atoms with Gasteiger partial charge in [-0.05, 0) is 72.0 Å². The maximum atomic E-state index is 11.3.